The smallest absolute Gasteiger partial charge is 0.251 e. The summed E-state index contributed by atoms with van der Waals surface area (Å²) in [5.74, 6) is 0.0225. The summed E-state index contributed by atoms with van der Waals surface area (Å²) in [6.07, 6.45) is 4.64. The van der Waals surface area contributed by atoms with Gasteiger partial charge in [0.2, 0.25) is 0 Å². The molecule has 0 aliphatic carbocycles. The molecule has 1 aromatic rings. The lowest BCUT2D eigenvalue weighted by molar-refractivity contribution is 0.0952. The lowest BCUT2D eigenvalue weighted by Gasteiger charge is -2.08. The number of benzene rings is 1. The van der Waals surface area contributed by atoms with Crippen LogP contribution in [0.4, 0.5) is 0 Å². The molecule has 0 aromatic heterocycles. The van der Waals surface area contributed by atoms with Crippen molar-refractivity contribution in [3.63, 3.8) is 0 Å². The van der Waals surface area contributed by atoms with Crippen LogP contribution in [0.5, 0.6) is 0 Å². The van der Waals surface area contributed by atoms with E-state index in [2.05, 4.69) is 37.2 Å². The van der Waals surface area contributed by atoms with E-state index in [0.29, 0.717) is 0 Å². The van der Waals surface area contributed by atoms with Gasteiger partial charge in [0.25, 0.3) is 5.91 Å². The monoisotopic (exact) mass is 375 g/mol. The van der Waals surface area contributed by atoms with Gasteiger partial charge in [-0.05, 0) is 37.5 Å². The maximum absolute atomic E-state index is 12.0. The number of carbonyl (C=O) groups is 1. The number of rotatable bonds is 7. The summed E-state index contributed by atoms with van der Waals surface area (Å²) in [6.45, 7) is 2.71. The number of hydrogen-bond acceptors (Lipinski definition) is 1. The zero-order chi connectivity index (χ0) is 13.4. The molecule has 1 amide bonds. The van der Waals surface area contributed by atoms with Gasteiger partial charge in [0.05, 0.1) is 0 Å². The first kappa shape index (κ1) is 15.7. The number of unbranched alkanes of at least 4 members (excludes halogenated alkanes) is 3. The molecule has 0 saturated carbocycles. The molecular formula is C14H19Br2NO. The lowest BCUT2D eigenvalue weighted by Crippen LogP contribution is -2.25. The van der Waals surface area contributed by atoms with Crippen molar-refractivity contribution in [3.8, 4) is 0 Å². The zero-order valence-electron chi connectivity index (χ0n) is 10.6. The first-order valence-electron chi connectivity index (χ1n) is 6.26. The van der Waals surface area contributed by atoms with Gasteiger partial charge >= 0.3 is 0 Å². The van der Waals surface area contributed by atoms with Crippen LogP contribution in [0.1, 0.15) is 41.6 Å². The summed E-state index contributed by atoms with van der Waals surface area (Å²) in [5, 5.41) is 4.04. The molecule has 0 aliphatic heterocycles. The number of nitrogens with one attached hydrogen (secondary N) is 1. The molecular weight excluding hydrogens is 358 g/mol. The molecule has 18 heavy (non-hydrogen) atoms. The van der Waals surface area contributed by atoms with E-state index in [1.807, 2.05) is 25.1 Å². The highest BCUT2D eigenvalue weighted by Crippen LogP contribution is 2.19. The Bertz CT molecular complexity index is 393. The van der Waals surface area contributed by atoms with Crippen LogP contribution in [0, 0.1) is 6.92 Å². The predicted octanol–water partition coefficient (Wildman–Crippen LogP) is 4.44. The van der Waals surface area contributed by atoms with Gasteiger partial charge in [0.15, 0.2) is 0 Å². The summed E-state index contributed by atoms with van der Waals surface area (Å²) in [7, 11) is 0. The molecule has 0 radical (unpaired) electrons. The molecule has 0 bridgehead atoms. The second-order valence-corrected chi connectivity index (χ2v) is 5.92. The Morgan fingerprint density at radius 1 is 1.22 bits per heavy atom. The van der Waals surface area contributed by atoms with Gasteiger partial charge in [-0.2, -0.15) is 0 Å². The summed E-state index contributed by atoms with van der Waals surface area (Å²) in [4.78, 5) is 12.0. The number of hydrogen-bond donors (Lipinski definition) is 1. The Morgan fingerprint density at radius 3 is 2.67 bits per heavy atom. The molecule has 0 unspecified atom stereocenters. The average Bonchev–Trinajstić information content (AvgIpc) is 2.36. The number of carbonyl (C=O) groups excluding carboxylic acids is 1. The predicted molar refractivity (Wildman–Crippen MR) is 83.5 cm³/mol. The lowest BCUT2D eigenvalue weighted by atomic mass is 10.1. The normalized spacial score (nSPS) is 10.4. The fourth-order valence-electron chi connectivity index (χ4n) is 1.72. The van der Waals surface area contributed by atoms with Gasteiger partial charge in [-0.1, -0.05) is 50.8 Å². The third kappa shape index (κ3) is 5.11. The van der Waals surface area contributed by atoms with Crippen LogP contribution in [0.25, 0.3) is 0 Å². The van der Waals surface area contributed by atoms with Crippen molar-refractivity contribution in [3.05, 3.63) is 33.8 Å². The number of alkyl halides is 1. The topological polar surface area (TPSA) is 29.1 Å². The van der Waals surface area contributed by atoms with Gasteiger partial charge in [0.1, 0.15) is 0 Å². The van der Waals surface area contributed by atoms with Crippen LogP contribution in [-0.2, 0) is 0 Å². The number of amides is 1. The van der Waals surface area contributed by atoms with E-state index in [4.69, 9.17) is 0 Å². The molecule has 0 aliphatic rings. The molecule has 0 heterocycles. The molecule has 0 atom stereocenters. The van der Waals surface area contributed by atoms with Gasteiger partial charge in [-0.25, -0.2) is 0 Å². The molecule has 0 fully saturated rings. The largest absolute Gasteiger partial charge is 0.352 e. The molecule has 1 N–H and O–H groups in total. The Morgan fingerprint density at radius 2 is 1.94 bits per heavy atom. The van der Waals surface area contributed by atoms with Gasteiger partial charge < -0.3 is 5.32 Å². The van der Waals surface area contributed by atoms with Crippen molar-refractivity contribution in [1.82, 2.24) is 5.32 Å². The third-order valence-corrected chi connectivity index (χ3v) is 4.28. The first-order valence-corrected chi connectivity index (χ1v) is 8.17. The minimum Gasteiger partial charge on any atom is -0.352 e. The van der Waals surface area contributed by atoms with Crippen molar-refractivity contribution in [1.29, 1.82) is 0 Å². The van der Waals surface area contributed by atoms with E-state index in [-0.39, 0.29) is 5.91 Å². The minimum atomic E-state index is 0.0225. The van der Waals surface area contributed by atoms with E-state index >= 15 is 0 Å². The van der Waals surface area contributed by atoms with Crippen LogP contribution < -0.4 is 5.32 Å². The molecule has 100 valence electrons. The molecule has 0 saturated heterocycles. The average molecular weight is 377 g/mol. The van der Waals surface area contributed by atoms with Crippen molar-refractivity contribution >= 4 is 37.8 Å². The van der Waals surface area contributed by atoms with Crippen molar-refractivity contribution < 1.29 is 4.79 Å². The van der Waals surface area contributed by atoms with Crippen molar-refractivity contribution in [2.45, 2.75) is 32.6 Å². The summed E-state index contributed by atoms with van der Waals surface area (Å²) < 4.78 is 0.979. The third-order valence-electron chi connectivity index (χ3n) is 2.86. The second-order valence-electron chi connectivity index (χ2n) is 4.27. The highest BCUT2D eigenvalue weighted by molar-refractivity contribution is 9.10. The van der Waals surface area contributed by atoms with E-state index in [1.54, 1.807) is 0 Å². The molecule has 0 spiro atoms. The maximum Gasteiger partial charge on any atom is 0.251 e. The Balaban J connectivity index is 2.35. The molecule has 1 aromatic carbocycles. The standard InChI is InChI=1S/C14H19Br2NO/c1-11-12(7-6-8-13(11)16)14(18)17-10-5-3-2-4-9-15/h6-8H,2-5,9-10H2,1H3,(H,17,18). The van der Waals surface area contributed by atoms with E-state index in [0.717, 1.165) is 33.9 Å². The van der Waals surface area contributed by atoms with Crippen LogP contribution in [0.3, 0.4) is 0 Å². The molecule has 1 rings (SSSR count). The van der Waals surface area contributed by atoms with E-state index in [9.17, 15) is 4.79 Å². The van der Waals surface area contributed by atoms with Crippen molar-refractivity contribution in [2.75, 3.05) is 11.9 Å². The molecule has 4 heteroatoms. The maximum atomic E-state index is 12.0. The Kier molecular flexibility index (Phi) is 7.59. The fraction of sp³-hybridized carbons (Fsp3) is 0.500. The second kappa shape index (κ2) is 8.70. The van der Waals surface area contributed by atoms with Crippen LogP contribution in [-0.4, -0.2) is 17.8 Å². The highest BCUT2D eigenvalue weighted by atomic mass is 79.9. The van der Waals surface area contributed by atoms with Gasteiger partial charge in [-0.3, -0.25) is 4.79 Å². The van der Waals surface area contributed by atoms with E-state index in [1.165, 1.54) is 19.3 Å². The van der Waals surface area contributed by atoms with E-state index < -0.39 is 0 Å². The van der Waals surface area contributed by atoms with Crippen LogP contribution >= 0.6 is 31.9 Å². The summed E-state index contributed by atoms with van der Waals surface area (Å²) in [6, 6.07) is 5.70. The van der Waals surface area contributed by atoms with Gasteiger partial charge in [-0.15, -0.1) is 0 Å². The Hall–Kier alpha value is -0.350. The molecule has 2 nitrogen and oxygen atoms in total. The SMILES string of the molecule is Cc1c(Br)cccc1C(=O)NCCCCCCBr. The first-order chi connectivity index (χ1) is 8.66. The van der Waals surface area contributed by atoms with Crippen LogP contribution in [0.2, 0.25) is 0 Å². The summed E-state index contributed by atoms with van der Waals surface area (Å²) in [5.41, 5.74) is 1.75. The quantitative estimate of drug-likeness (QED) is 0.553. The number of halogens is 2. The minimum absolute atomic E-state index is 0.0225. The fourth-order valence-corrected chi connectivity index (χ4v) is 2.49. The van der Waals surface area contributed by atoms with Crippen molar-refractivity contribution in [2.24, 2.45) is 0 Å². The zero-order valence-corrected chi connectivity index (χ0v) is 13.8. The highest BCUT2D eigenvalue weighted by Gasteiger charge is 2.09. The summed E-state index contributed by atoms with van der Waals surface area (Å²) >= 11 is 6.85. The van der Waals surface area contributed by atoms with Crippen LogP contribution in [0.15, 0.2) is 22.7 Å². The van der Waals surface area contributed by atoms with Gasteiger partial charge in [0, 0.05) is 21.9 Å². The Labute approximate surface area is 126 Å².